The Hall–Kier alpha value is -1.54. The van der Waals surface area contributed by atoms with Crippen LogP contribution in [0.5, 0.6) is 0 Å². The monoisotopic (exact) mass is 315 g/mol. The number of sulfonamides is 1. The summed E-state index contributed by atoms with van der Waals surface area (Å²) in [5.41, 5.74) is 0.0265. The standard InChI is InChI=1S/C13H18FN3O3S/c1-2-21(19,20)17-8-6-10(7-9-17)15-13(18)11-4-3-5-12(14)16-11/h3-5,10H,2,6-9H2,1H3,(H,15,18). The van der Waals surface area contributed by atoms with E-state index >= 15 is 0 Å². The second kappa shape index (κ2) is 6.48. The van der Waals surface area contributed by atoms with Gasteiger partial charge in [0.15, 0.2) is 0 Å². The Kier molecular flexibility index (Phi) is 4.89. The van der Waals surface area contributed by atoms with E-state index in [1.165, 1.54) is 22.5 Å². The number of hydrogen-bond acceptors (Lipinski definition) is 4. The molecule has 8 heteroatoms. The van der Waals surface area contributed by atoms with E-state index < -0.39 is 21.9 Å². The maximum Gasteiger partial charge on any atom is 0.270 e. The van der Waals surface area contributed by atoms with Crippen LogP contribution in [0.25, 0.3) is 0 Å². The third-order valence-corrected chi connectivity index (χ3v) is 5.38. The first-order chi connectivity index (χ1) is 9.92. The fraction of sp³-hybridized carbons (Fsp3) is 0.538. The van der Waals surface area contributed by atoms with Gasteiger partial charge in [-0.1, -0.05) is 6.07 Å². The van der Waals surface area contributed by atoms with Gasteiger partial charge in [-0.15, -0.1) is 0 Å². The number of aromatic nitrogens is 1. The van der Waals surface area contributed by atoms with Crippen molar-refractivity contribution in [3.63, 3.8) is 0 Å². The molecule has 2 rings (SSSR count). The number of hydrogen-bond donors (Lipinski definition) is 1. The first-order valence-corrected chi connectivity index (χ1v) is 8.44. The van der Waals surface area contributed by atoms with Crippen LogP contribution < -0.4 is 5.32 Å². The van der Waals surface area contributed by atoms with Gasteiger partial charge < -0.3 is 5.32 Å². The third kappa shape index (κ3) is 3.98. The zero-order chi connectivity index (χ0) is 15.5. The summed E-state index contributed by atoms with van der Waals surface area (Å²) in [6.07, 6.45) is 1.08. The second-order valence-electron chi connectivity index (χ2n) is 4.89. The molecule has 0 atom stereocenters. The molecule has 0 unspecified atom stereocenters. The highest BCUT2D eigenvalue weighted by Crippen LogP contribution is 2.14. The topological polar surface area (TPSA) is 79.4 Å². The fourth-order valence-corrected chi connectivity index (χ4v) is 3.39. The number of nitrogens with one attached hydrogen (secondary N) is 1. The Morgan fingerprint density at radius 2 is 2.10 bits per heavy atom. The fourth-order valence-electron chi connectivity index (χ4n) is 2.25. The highest BCUT2D eigenvalue weighted by atomic mass is 32.2. The number of halogens is 1. The summed E-state index contributed by atoms with van der Waals surface area (Å²) in [6.45, 7) is 2.38. The summed E-state index contributed by atoms with van der Waals surface area (Å²) in [6, 6.07) is 3.92. The van der Waals surface area contributed by atoms with Crippen LogP contribution >= 0.6 is 0 Å². The number of piperidine rings is 1. The number of carbonyl (C=O) groups is 1. The molecule has 1 aromatic heterocycles. The number of amides is 1. The average Bonchev–Trinajstić information content (AvgIpc) is 2.48. The molecule has 0 aromatic carbocycles. The molecule has 21 heavy (non-hydrogen) atoms. The van der Waals surface area contributed by atoms with E-state index in [4.69, 9.17) is 0 Å². The summed E-state index contributed by atoms with van der Waals surface area (Å²) >= 11 is 0. The van der Waals surface area contributed by atoms with Gasteiger partial charge in [0.2, 0.25) is 16.0 Å². The van der Waals surface area contributed by atoms with Gasteiger partial charge in [-0.05, 0) is 31.9 Å². The van der Waals surface area contributed by atoms with E-state index in [1.807, 2.05) is 0 Å². The molecule has 116 valence electrons. The number of pyridine rings is 1. The second-order valence-corrected chi connectivity index (χ2v) is 7.15. The largest absolute Gasteiger partial charge is 0.348 e. The van der Waals surface area contributed by atoms with Gasteiger partial charge in [-0.25, -0.2) is 17.7 Å². The average molecular weight is 315 g/mol. The van der Waals surface area contributed by atoms with Gasteiger partial charge in [0.25, 0.3) is 5.91 Å². The molecule has 1 aliphatic heterocycles. The highest BCUT2D eigenvalue weighted by molar-refractivity contribution is 7.89. The van der Waals surface area contributed by atoms with E-state index in [2.05, 4.69) is 10.3 Å². The number of nitrogens with zero attached hydrogens (tertiary/aromatic N) is 2. The van der Waals surface area contributed by atoms with Crippen molar-refractivity contribution < 1.29 is 17.6 Å². The Balaban J connectivity index is 1.91. The van der Waals surface area contributed by atoms with Crippen LogP contribution in [0.4, 0.5) is 4.39 Å². The van der Waals surface area contributed by atoms with E-state index in [0.29, 0.717) is 25.9 Å². The van der Waals surface area contributed by atoms with Crippen molar-refractivity contribution in [1.29, 1.82) is 0 Å². The number of carbonyl (C=O) groups excluding carboxylic acids is 1. The molecule has 6 nitrogen and oxygen atoms in total. The summed E-state index contributed by atoms with van der Waals surface area (Å²) in [7, 11) is -3.17. The van der Waals surface area contributed by atoms with E-state index in [-0.39, 0.29) is 17.5 Å². The maximum atomic E-state index is 13.0. The van der Waals surface area contributed by atoms with Gasteiger partial charge >= 0.3 is 0 Å². The summed E-state index contributed by atoms with van der Waals surface area (Å²) in [4.78, 5) is 15.4. The molecular weight excluding hydrogens is 297 g/mol. The van der Waals surface area contributed by atoms with Crippen LogP contribution in [-0.4, -0.2) is 48.5 Å². The molecule has 1 N–H and O–H groups in total. The van der Waals surface area contributed by atoms with Crippen LogP contribution in [0.3, 0.4) is 0 Å². The predicted octanol–water partition coefficient (Wildman–Crippen LogP) is 0.765. The quantitative estimate of drug-likeness (QED) is 0.832. The molecule has 1 aromatic rings. The van der Waals surface area contributed by atoms with E-state index in [0.717, 1.165) is 0 Å². The van der Waals surface area contributed by atoms with Gasteiger partial charge in [0.05, 0.1) is 5.75 Å². The van der Waals surface area contributed by atoms with Gasteiger partial charge in [-0.2, -0.15) is 4.39 Å². The highest BCUT2D eigenvalue weighted by Gasteiger charge is 2.27. The van der Waals surface area contributed by atoms with Gasteiger partial charge in [0.1, 0.15) is 5.69 Å². The van der Waals surface area contributed by atoms with Gasteiger partial charge in [-0.3, -0.25) is 4.79 Å². The summed E-state index contributed by atoms with van der Waals surface area (Å²) < 4.78 is 37.9. The van der Waals surface area contributed by atoms with E-state index in [9.17, 15) is 17.6 Å². The smallest absolute Gasteiger partial charge is 0.270 e. The molecule has 1 fully saturated rings. The molecule has 0 spiro atoms. The van der Waals surface area contributed by atoms with Crippen LogP contribution in [0.1, 0.15) is 30.3 Å². The molecule has 0 radical (unpaired) electrons. The summed E-state index contributed by atoms with van der Waals surface area (Å²) in [5, 5.41) is 2.76. The minimum atomic E-state index is -3.17. The lowest BCUT2D eigenvalue weighted by atomic mass is 10.1. The molecule has 0 aliphatic carbocycles. The molecule has 0 bridgehead atoms. The number of rotatable bonds is 4. The zero-order valence-corrected chi connectivity index (χ0v) is 12.6. The van der Waals surface area contributed by atoms with Crippen LogP contribution in [0.2, 0.25) is 0 Å². The van der Waals surface area contributed by atoms with Crippen molar-refractivity contribution >= 4 is 15.9 Å². The van der Waals surface area contributed by atoms with Crippen molar-refractivity contribution in [3.05, 3.63) is 29.8 Å². The minimum absolute atomic E-state index is 0.0265. The maximum absolute atomic E-state index is 13.0. The molecule has 1 amide bonds. The van der Waals surface area contributed by atoms with Crippen molar-refractivity contribution in [1.82, 2.24) is 14.6 Å². The Labute approximate surface area is 123 Å². The van der Waals surface area contributed by atoms with E-state index in [1.54, 1.807) is 6.92 Å². The minimum Gasteiger partial charge on any atom is -0.348 e. The lowest BCUT2D eigenvalue weighted by molar-refractivity contribution is 0.0917. The van der Waals surface area contributed by atoms with Crippen LogP contribution in [-0.2, 0) is 10.0 Å². The molecule has 0 saturated carbocycles. The predicted molar refractivity (Wildman–Crippen MR) is 75.7 cm³/mol. The molecule has 1 aliphatic rings. The lowest BCUT2D eigenvalue weighted by Crippen LogP contribution is -2.47. The molecule has 2 heterocycles. The first-order valence-electron chi connectivity index (χ1n) is 6.83. The Morgan fingerprint density at radius 1 is 1.43 bits per heavy atom. The van der Waals surface area contributed by atoms with Gasteiger partial charge in [0, 0.05) is 19.1 Å². The van der Waals surface area contributed by atoms with Crippen molar-refractivity contribution in [3.8, 4) is 0 Å². The molecule has 1 saturated heterocycles. The lowest BCUT2D eigenvalue weighted by Gasteiger charge is -2.31. The third-order valence-electron chi connectivity index (χ3n) is 3.50. The van der Waals surface area contributed by atoms with Crippen LogP contribution in [0.15, 0.2) is 18.2 Å². The SMILES string of the molecule is CCS(=O)(=O)N1CCC(NC(=O)c2cccc(F)n2)CC1. The van der Waals surface area contributed by atoms with Crippen molar-refractivity contribution in [2.45, 2.75) is 25.8 Å². The van der Waals surface area contributed by atoms with Crippen LogP contribution in [0, 0.1) is 5.95 Å². The Morgan fingerprint density at radius 3 is 2.67 bits per heavy atom. The Bertz CT molecular complexity index is 613. The van der Waals surface area contributed by atoms with Crippen molar-refractivity contribution in [2.24, 2.45) is 0 Å². The zero-order valence-electron chi connectivity index (χ0n) is 11.8. The molecular formula is C13H18FN3O3S. The van der Waals surface area contributed by atoms with Crippen molar-refractivity contribution in [2.75, 3.05) is 18.8 Å². The first kappa shape index (κ1) is 15.8. The normalized spacial score (nSPS) is 17.6. The summed E-state index contributed by atoms with van der Waals surface area (Å²) in [5.74, 6) is -1.06.